The van der Waals surface area contributed by atoms with Gasteiger partial charge in [0.15, 0.2) is 11.0 Å². The van der Waals surface area contributed by atoms with Crippen molar-refractivity contribution in [1.29, 1.82) is 0 Å². The van der Waals surface area contributed by atoms with Crippen molar-refractivity contribution in [2.24, 2.45) is 0 Å². The summed E-state index contributed by atoms with van der Waals surface area (Å²) in [6.07, 6.45) is 2.11. The van der Waals surface area contributed by atoms with Crippen LogP contribution in [0.3, 0.4) is 0 Å². The Hall–Kier alpha value is -2.56. The number of nitrogens with zero attached hydrogens (tertiary/aromatic N) is 4. The monoisotopic (exact) mass is 471 g/mol. The fourth-order valence-electron chi connectivity index (χ4n) is 3.87. The second kappa shape index (κ2) is 8.76. The fraction of sp³-hybridized carbons (Fsp3) is 0.364. The highest BCUT2D eigenvalue weighted by molar-refractivity contribution is 7.98. The third kappa shape index (κ3) is 4.10. The van der Waals surface area contributed by atoms with Gasteiger partial charge in [-0.05, 0) is 56.5 Å². The van der Waals surface area contributed by atoms with E-state index in [4.69, 9.17) is 4.74 Å². The maximum Gasteiger partial charge on any atom is 0.259 e. The maximum atomic E-state index is 13.4. The van der Waals surface area contributed by atoms with Gasteiger partial charge in [-0.3, -0.25) is 9.36 Å². The van der Waals surface area contributed by atoms with E-state index >= 15 is 0 Å². The first-order valence-corrected chi connectivity index (χ1v) is 12.2. The molecule has 10 heteroatoms. The van der Waals surface area contributed by atoms with E-state index in [2.05, 4.69) is 20.2 Å². The molecule has 1 N–H and O–H groups in total. The lowest BCUT2D eigenvalue weighted by molar-refractivity contribution is 0.0953. The van der Waals surface area contributed by atoms with Gasteiger partial charge in [0.2, 0.25) is 0 Å². The topological polar surface area (TPSA) is 85.7 Å². The van der Waals surface area contributed by atoms with E-state index in [0.29, 0.717) is 34.5 Å². The molecule has 0 radical (unpaired) electrons. The number of rotatable bonds is 6. The predicted molar refractivity (Wildman–Crippen MR) is 124 cm³/mol. The summed E-state index contributed by atoms with van der Waals surface area (Å²) in [6.45, 7) is 5.32. The number of aromatic amines is 1. The average molecular weight is 472 g/mol. The van der Waals surface area contributed by atoms with Gasteiger partial charge in [-0.15, -0.1) is 21.5 Å². The smallest absolute Gasteiger partial charge is 0.259 e. The van der Waals surface area contributed by atoms with Crippen LogP contribution in [0.15, 0.2) is 34.2 Å². The highest BCUT2D eigenvalue weighted by Crippen LogP contribution is 2.29. The molecule has 0 amide bonds. The summed E-state index contributed by atoms with van der Waals surface area (Å²) < 4.78 is 21.3. The van der Waals surface area contributed by atoms with Crippen molar-refractivity contribution in [3.05, 3.63) is 56.7 Å². The fourth-order valence-corrected chi connectivity index (χ4v) is 5.73. The molecule has 1 atom stereocenters. The van der Waals surface area contributed by atoms with E-state index in [0.717, 1.165) is 40.3 Å². The summed E-state index contributed by atoms with van der Waals surface area (Å²) >= 11 is 3.00. The molecule has 32 heavy (non-hydrogen) atoms. The lowest BCUT2D eigenvalue weighted by Gasteiger charge is -2.14. The van der Waals surface area contributed by atoms with Crippen LogP contribution in [-0.2, 0) is 17.0 Å². The molecule has 4 aromatic rings. The number of aryl methyl sites for hydroxylation is 2. The quantitative estimate of drug-likeness (QED) is 0.418. The molecule has 1 aliphatic rings. The second-order valence-corrected chi connectivity index (χ2v) is 9.97. The van der Waals surface area contributed by atoms with Crippen LogP contribution < -0.4 is 5.56 Å². The molecule has 0 saturated carbocycles. The van der Waals surface area contributed by atoms with Crippen LogP contribution >= 0.6 is 23.1 Å². The molecule has 4 heterocycles. The number of thioether (sulfide) groups is 1. The number of benzene rings is 1. The van der Waals surface area contributed by atoms with Gasteiger partial charge in [0, 0.05) is 17.0 Å². The number of thiophene rings is 1. The minimum atomic E-state index is -0.294. The molecule has 5 rings (SSSR count). The molecule has 0 spiro atoms. The zero-order chi connectivity index (χ0) is 22.2. The largest absolute Gasteiger partial charge is 0.376 e. The van der Waals surface area contributed by atoms with E-state index < -0.39 is 0 Å². The number of ether oxygens (including phenoxy) is 1. The number of hydrogen-bond acceptors (Lipinski definition) is 7. The highest BCUT2D eigenvalue weighted by atomic mass is 32.2. The minimum absolute atomic E-state index is 0.0934. The molecule has 0 bridgehead atoms. The summed E-state index contributed by atoms with van der Waals surface area (Å²) in [5.74, 6) is 1.43. The second-order valence-electron chi connectivity index (χ2n) is 7.82. The normalized spacial score (nSPS) is 16.3. The molecule has 1 fully saturated rings. The maximum absolute atomic E-state index is 13.4. The van der Waals surface area contributed by atoms with Gasteiger partial charge in [0.25, 0.3) is 5.56 Å². The van der Waals surface area contributed by atoms with Crippen LogP contribution in [0.25, 0.3) is 21.6 Å². The van der Waals surface area contributed by atoms with Gasteiger partial charge in [-0.1, -0.05) is 11.8 Å². The van der Waals surface area contributed by atoms with Crippen LogP contribution in [0.1, 0.15) is 29.1 Å². The molecule has 166 valence electrons. The number of hydrogen-bond donors (Lipinski definition) is 1. The van der Waals surface area contributed by atoms with Crippen molar-refractivity contribution < 1.29 is 9.13 Å². The van der Waals surface area contributed by atoms with Crippen LogP contribution in [0.4, 0.5) is 4.39 Å². The van der Waals surface area contributed by atoms with Gasteiger partial charge in [0.05, 0.1) is 23.8 Å². The minimum Gasteiger partial charge on any atom is -0.376 e. The number of nitrogens with one attached hydrogen (secondary N) is 1. The van der Waals surface area contributed by atoms with Gasteiger partial charge in [-0.2, -0.15) is 0 Å². The molecule has 1 aliphatic heterocycles. The van der Waals surface area contributed by atoms with E-state index in [1.165, 1.54) is 35.2 Å². The van der Waals surface area contributed by atoms with Gasteiger partial charge in [0.1, 0.15) is 16.5 Å². The Labute approximate surface area is 192 Å². The standard InChI is InChI=1S/C22H22FN5O2S2/c1-12-13(2)32-21-18(12)20(29)24-17(25-21)11-31-22-27-26-19(14-5-7-15(23)8-6-14)28(22)10-16-4-3-9-30-16/h5-8,16H,3-4,9-11H2,1-2H3,(H,24,25,29)/t16-/m1/s1. The first kappa shape index (κ1) is 21.3. The summed E-state index contributed by atoms with van der Waals surface area (Å²) in [6, 6.07) is 6.24. The molecule has 1 saturated heterocycles. The Kier molecular flexibility index (Phi) is 5.83. The van der Waals surface area contributed by atoms with Crippen molar-refractivity contribution in [2.45, 2.75) is 50.2 Å². The van der Waals surface area contributed by atoms with Crippen molar-refractivity contribution in [2.75, 3.05) is 6.61 Å². The Morgan fingerprint density at radius 3 is 2.84 bits per heavy atom. The predicted octanol–water partition coefficient (Wildman–Crippen LogP) is 4.47. The number of aromatic nitrogens is 5. The Bertz CT molecular complexity index is 1320. The molecular weight excluding hydrogens is 449 g/mol. The molecule has 1 aromatic carbocycles. The Morgan fingerprint density at radius 1 is 1.28 bits per heavy atom. The van der Waals surface area contributed by atoms with Crippen molar-refractivity contribution >= 4 is 33.3 Å². The average Bonchev–Trinajstić information content (AvgIpc) is 3.49. The summed E-state index contributed by atoms with van der Waals surface area (Å²) in [7, 11) is 0. The lowest BCUT2D eigenvalue weighted by Crippen LogP contribution is -2.17. The molecule has 7 nitrogen and oxygen atoms in total. The van der Waals surface area contributed by atoms with Crippen LogP contribution in [0.5, 0.6) is 0 Å². The van der Waals surface area contributed by atoms with E-state index in [-0.39, 0.29) is 17.5 Å². The molecule has 0 aliphatic carbocycles. The van der Waals surface area contributed by atoms with Gasteiger partial charge < -0.3 is 9.72 Å². The zero-order valence-corrected chi connectivity index (χ0v) is 19.4. The first-order valence-electron chi connectivity index (χ1n) is 10.4. The number of fused-ring (bicyclic) bond motifs is 1. The van der Waals surface area contributed by atoms with Crippen molar-refractivity contribution in [3.8, 4) is 11.4 Å². The third-order valence-electron chi connectivity index (χ3n) is 5.66. The van der Waals surface area contributed by atoms with E-state index in [1.807, 2.05) is 18.4 Å². The highest BCUT2D eigenvalue weighted by Gasteiger charge is 2.22. The van der Waals surface area contributed by atoms with Crippen LogP contribution in [0.2, 0.25) is 0 Å². The van der Waals surface area contributed by atoms with Gasteiger partial charge >= 0.3 is 0 Å². The van der Waals surface area contributed by atoms with Crippen LogP contribution in [0, 0.1) is 19.7 Å². The lowest BCUT2D eigenvalue weighted by atomic mass is 10.2. The Balaban J connectivity index is 1.44. The molecule has 3 aromatic heterocycles. The van der Waals surface area contributed by atoms with E-state index in [1.54, 1.807) is 12.1 Å². The van der Waals surface area contributed by atoms with Crippen LogP contribution in [-0.4, -0.2) is 37.4 Å². The molecular formula is C22H22FN5O2S2. The Morgan fingerprint density at radius 2 is 2.09 bits per heavy atom. The molecule has 0 unspecified atom stereocenters. The number of H-pyrrole nitrogens is 1. The number of halogens is 1. The van der Waals surface area contributed by atoms with Gasteiger partial charge in [-0.25, -0.2) is 9.37 Å². The SMILES string of the molecule is Cc1sc2nc(CSc3nnc(-c4ccc(F)cc4)n3C[C@H]3CCCO3)[nH]c(=O)c2c1C. The van der Waals surface area contributed by atoms with Crippen molar-refractivity contribution in [3.63, 3.8) is 0 Å². The summed E-state index contributed by atoms with van der Waals surface area (Å²) in [5, 5.41) is 10.1. The zero-order valence-electron chi connectivity index (χ0n) is 17.7. The third-order valence-corrected chi connectivity index (χ3v) is 7.73. The van der Waals surface area contributed by atoms with E-state index in [9.17, 15) is 9.18 Å². The summed E-state index contributed by atoms with van der Waals surface area (Å²) in [4.78, 5) is 22.0. The first-order chi connectivity index (χ1) is 15.5. The summed E-state index contributed by atoms with van der Waals surface area (Å²) in [5.41, 5.74) is 1.67. The van der Waals surface area contributed by atoms with Crippen molar-refractivity contribution in [1.82, 2.24) is 24.7 Å².